The highest BCUT2D eigenvalue weighted by Gasteiger charge is 2.15. The summed E-state index contributed by atoms with van der Waals surface area (Å²) in [6.07, 6.45) is 22.4. The van der Waals surface area contributed by atoms with E-state index < -0.39 is 0 Å². The Morgan fingerprint density at radius 2 is 1.04 bits per heavy atom. The minimum atomic E-state index is 0.285. The molecule has 0 heterocycles. The average Bonchev–Trinajstić information content (AvgIpc) is 2.52. The predicted octanol–water partition coefficient (Wildman–Crippen LogP) is 7.80. The third kappa shape index (κ3) is 18.1. The van der Waals surface area contributed by atoms with Crippen molar-refractivity contribution >= 4 is 0 Å². The summed E-state index contributed by atoms with van der Waals surface area (Å²) in [5.74, 6) is 0. The molecule has 139 valence electrons. The van der Waals surface area contributed by atoms with E-state index in [1.807, 2.05) is 0 Å². The first-order valence-electron chi connectivity index (χ1n) is 10.7. The molecule has 0 spiro atoms. The van der Waals surface area contributed by atoms with Gasteiger partial charge in [0.15, 0.2) is 0 Å². The van der Waals surface area contributed by atoms with Gasteiger partial charge in [-0.25, -0.2) is 0 Å². The van der Waals surface area contributed by atoms with Crippen LogP contribution < -0.4 is 5.32 Å². The molecule has 0 aliphatic rings. The zero-order chi connectivity index (χ0) is 17.2. The summed E-state index contributed by atoms with van der Waals surface area (Å²) >= 11 is 0. The minimum absolute atomic E-state index is 0.285. The Hall–Kier alpha value is -0.0400. The maximum absolute atomic E-state index is 3.58. The summed E-state index contributed by atoms with van der Waals surface area (Å²) < 4.78 is 0. The molecule has 1 radical (unpaired) electrons. The van der Waals surface area contributed by atoms with Crippen molar-refractivity contribution in [2.75, 3.05) is 0 Å². The van der Waals surface area contributed by atoms with Crippen molar-refractivity contribution in [3.8, 4) is 0 Å². The molecule has 1 nitrogen and oxygen atoms in total. The molecule has 0 saturated carbocycles. The van der Waals surface area contributed by atoms with E-state index in [9.17, 15) is 0 Å². The van der Waals surface area contributed by atoms with Crippen molar-refractivity contribution in [1.82, 2.24) is 5.32 Å². The maximum atomic E-state index is 3.58. The first-order chi connectivity index (χ1) is 11.1. The molecular weight excluding hydrogens is 278 g/mol. The number of hydrogen-bond acceptors (Lipinski definition) is 1. The number of unbranched alkanes of at least 4 members (excludes halogenated alkanes) is 13. The first kappa shape index (κ1) is 23.0. The van der Waals surface area contributed by atoms with Crippen LogP contribution in [-0.4, -0.2) is 5.54 Å². The summed E-state index contributed by atoms with van der Waals surface area (Å²) in [4.78, 5) is 0. The van der Waals surface area contributed by atoms with Crippen molar-refractivity contribution in [2.24, 2.45) is 0 Å². The smallest absolute Gasteiger partial charge is 0.0226 e. The first-order valence-corrected chi connectivity index (χ1v) is 10.7. The molecule has 1 N–H and O–H groups in total. The van der Waals surface area contributed by atoms with Gasteiger partial charge in [0.25, 0.3) is 0 Å². The zero-order valence-electron chi connectivity index (χ0n) is 16.9. The molecule has 0 aromatic rings. The second-order valence-electron chi connectivity index (χ2n) is 8.01. The Balaban J connectivity index is 3.20. The highest BCUT2D eigenvalue weighted by atomic mass is 14.9. The molecule has 1 heteroatoms. The lowest BCUT2D eigenvalue weighted by Gasteiger charge is -2.26. The topological polar surface area (TPSA) is 12.0 Å². The number of nitrogens with one attached hydrogen (secondary N) is 1. The SMILES string of the molecule is CCC[CH]NC(C)(C)CCCCCCCCCCCCCCC. The van der Waals surface area contributed by atoms with Crippen molar-refractivity contribution < 1.29 is 0 Å². The van der Waals surface area contributed by atoms with Gasteiger partial charge in [0, 0.05) is 12.1 Å². The lowest BCUT2D eigenvalue weighted by molar-refractivity contribution is 0.368. The summed E-state index contributed by atoms with van der Waals surface area (Å²) in [6.45, 7) is 11.4. The van der Waals surface area contributed by atoms with E-state index in [4.69, 9.17) is 0 Å². The minimum Gasteiger partial charge on any atom is -0.307 e. The van der Waals surface area contributed by atoms with Gasteiger partial charge in [-0.3, -0.25) is 0 Å². The van der Waals surface area contributed by atoms with Crippen LogP contribution in [-0.2, 0) is 0 Å². The van der Waals surface area contributed by atoms with Crippen molar-refractivity contribution in [1.29, 1.82) is 0 Å². The van der Waals surface area contributed by atoms with E-state index in [0.717, 1.165) is 0 Å². The third-order valence-corrected chi connectivity index (χ3v) is 4.83. The Kier molecular flexibility index (Phi) is 16.8. The highest BCUT2D eigenvalue weighted by Crippen LogP contribution is 2.17. The molecule has 0 rings (SSSR count). The van der Waals surface area contributed by atoms with Gasteiger partial charge in [-0.2, -0.15) is 0 Å². The van der Waals surface area contributed by atoms with E-state index in [0.29, 0.717) is 0 Å². The van der Waals surface area contributed by atoms with Crippen LogP contribution in [0.1, 0.15) is 130 Å². The molecule has 0 aromatic heterocycles. The maximum Gasteiger partial charge on any atom is 0.0226 e. The van der Waals surface area contributed by atoms with Crippen LogP contribution >= 0.6 is 0 Å². The van der Waals surface area contributed by atoms with Crippen molar-refractivity contribution in [3.63, 3.8) is 0 Å². The van der Waals surface area contributed by atoms with Crippen LogP contribution in [0, 0.1) is 6.54 Å². The van der Waals surface area contributed by atoms with Crippen LogP contribution in [0.25, 0.3) is 0 Å². The fourth-order valence-corrected chi connectivity index (χ4v) is 3.15. The average molecular weight is 325 g/mol. The molecule has 0 bridgehead atoms. The second kappa shape index (κ2) is 16.8. The third-order valence-electron chi connectivity index (χ3n) is 4.83. The Morgan fingerprint density at radius 1 is 0.609 bits per heavy atom. The lowest BCUT2D eigenvalue weighted by atomic mass is 9.95. The van der Waals surface area contributed by atoms with Gasteiger partial charge in [0.1, 0.15) is 0 Å². The van der Waals surface area contributed by atoms with Gasteiger partial charge in [0.2, 0.25) is 0 Å². The standard InChI is InChI=1S/C22H46N/c1-5-7-9-10-11-12-13-14-15-16-17-18-19-20-22(3,4)23-21-8-6-2/h21,23H,5-20H2,1-4H3. The number of rotatable bonds is 18. The van der Waals surface area contributed by atoms with Gasteiger partial charge in [-0.15, -0.1) is 0 Å². The number of hydrogen-bond donors (Lipinski definition) is 1. The Labute approximate surface area is 148 Å². The van der Waals surface area contributed by atoms with Crippen LogP contribution in [0.4, 0.5) is 0 Å². The second-order valence-corrected chi connectivity index (χ2v) is 8.01. The summed E-state index contributed by atoms with van der Waals surface area (Å²) in [5.41, 5.74) is 0.285. The van der Waals surface area contributed by atoms with E-state index in [1.165, 1.54) is 103 Å². The summed E-state index contributed by atoms with van der Waals surface area (Å²) in [6, 6.07) is 0. The highest BCUT2D eigenvalue weighted by molar-refractivity contribution is 4.81. The quantitative estimate of drug-likeness (QED) is 0.254. The Morgan fingerprint density at radius 3 is 1.48 bits per heavy atom. The molecule has 0 fully saturated rings. The molecule has 0 aliphatic heterocycles. The van der Waals surface area contributed by atoms with Gasteiger partial charge < -0.3 is 5.32 Å². The molecule has 0 saturated heterocycles. The molecule has 0 unspecified atom stereocenters. The largest absolute Gasteiger partial charge is 0.307 e. The Bertz CT molecular complexity index is 222. The van der Waals surface area contributed by atoms with Gasteiger partial charge in [0.05, 0.1) is 0 Å². The monoisotopic (exact) mass is 324 g/mol. The zero-order valence-corrected chi connectivity index (χ0v) is 16.9. The van der Waals surface area contributed by atoms with Gasteiger partial charge >= 0.3 is 0 Å². The fourth-order valence-electron chi connectivity index (χ4n) is 3.15. The molecule has 0 aromatic carbocycles. The van der Waals surface area contributed by atoms with E-state index in [2.05, 4.69) is 39.6 Å². The van der Waals surface area contributed by atoms with E-state index in [-0.39, 0.29) is 5.54 Å². The lowest BCUT2D eigenvalue weighted by Crippen LogP contribution is -2.37. The molecule has 0 aliphatic carbocycles. The van der Waals surface area contributed by atoms with Crippen molar-refractivity contribution in [3.05, 3.63) is 6.54 Å². The molecule has 0 atom stereocenters. The molecule has 0 amide bonds. The van der Waals surface area contributed by atoms with Gasteiger partial charge in [-0.05, 0) is 26.7 Å². The van der Waals surface area contributed by atoms with E-state index >= 15 is 0 Å². The molecular formula is C22H46N. The fraction of sp³-hybridized carbons (Fsp3) is 0.955. The normalized spacial score (nSPS) is 12.0. The van der Waals surface area contributed by atoms with Gasteiger partial charge in [-0.1, -0.05) is 104 Å². The van der Waals surface area contributed by atoms with E-state index in [1.54, 1.807) is 0 Å². The molecule has 23 heavy (non-hydrogen) atoms. The van der Waals surface area contributed by atoms with Crippen LogP contribution in [0.2, 0.25) is 0 Å². The van der Waals surface area contributed by atoms with Crippen molar-refractivity contribution in [2.45, 2.75) is 136 Å². The van der Waals surface area contributed by atoms with Crippen LogP contribution in [0.15, 0.2) is 0 Å². The van der Waals surface area contributed by atoms with Crippen LogP contribution in [0.3, 0.4) is 0 Å². The summed E-state index contributed by atoms with van der Waals surface area (Å²) in [7, 11) is 0. The van der Waals surface area contributed by atoms with Crippen LogP contribution in [0.5, 0.6) is 0 Å². The summed E-state index contributed by atoms with van der Waals surface area (Å²) in [5, 5.41) is 3.58. The predicted molar refractivity (Wildman–Crippen MR) is 107 cm³/mol.